The minimum Gasteiger partial charge on any atom is -0.296 e. The number of allylic oxidation sites excluding steroid dienone is 4. The van der Waals surface area contributed by atoms with Gasteiger partial charge in [0.2, 0.25) is 0 Å². The molecule has 0 saturated heterocycles. The molecular weight excluding hydrogens is 206 g/mol. The topological polar surface area (TPSA) is 12.4 Å². The lowest BCUT2D eigenvalue weighted by atomic mass is 9.99. The van der Waals surface area contributed by atoms with Crippen LogP contribution in [0.4, 0.5) is 0 Å². The standard InChI is InChI=1S/C16H19N/c1-5-8-13(6-2)15-9-10-16(12-17-4)14(7-3)11-15/h5-12H,3H2,1-2,4H3/b8-5-,13-6+,17-12-. The molecule has 0 aromatic heterocycles. The highest BCUT2D eigenvalue weighted by molar-refractivity contribution is 5.87. The first-order valence-electron chi connectivity index (χ1n) is 5.74. The molecule has 1 nitrogen and oxygen atoms in total. The molecule has 0 radical (unpaired) electrons. The Labute approximate surface area is 104 Å². The number of rotatable bonds is 4. The molecule has 0 saturated carbocycles. The molecule has 0 heterocycles. The highest BCUT2D eigenvalue weighted by Gasteiger charge is 2.01. The summed E-state index contributed by atoms with van der Waals surface area (Å²) in [6.07, 6.45) is 9.98. The van der Waals surface area contributed by atoms with E-state index in [2.05, 4.69) is 41.9 Å². The lowest BCUT2D eigenvalue weighted by molar-refractivity contribution is 1.45. The van der Waals surface area contributed by atoms with Crippen LogP contribution >= 0.6 is 0 Å². The normalized spacial score (nSPS) is 12.5. The molecule has 1 aromatic rings. The Kier molecular flexibility index (Phi) is 5.15. The van der Waals surface area contributed by atoms with Crippen LogP contribution in [-0.2, 0) is 0 Å². The largest absolute Gasteiger partial charge is 0.296 e. The van der Waals surface area contributed by atoms with Gasteiger partial charge in [-0.05, 0) is 42.2 Å². The Morgan fingerprint density at radius 2 is 2.00 bits per heavy atom. The first-order valence-corrected chi connectivity index (χ1v) is 5.74. The van der Waals surface area contributed by atoms with Crippen molar-refractivity contribution < 1.29 is 0 Å². The molecule has 1 rings (SSSR count). The number of hydrogen-bond donors (Lipinski definition) is 0. The zero-order valence-electron chi connectivity index (χ0n) is 10.8. The Bertz CT molecular complexity index is 476. The Morgan fingerprint density at radius 1 is 1.24 bits per heavy atom. The first-order chi connectivity index (χ1) is 8.26. The lowest BCUT2D eigenvalue weighted by Crippen LogP contribution is -1.90. The van der Waals surface area contributed by atoms with Gasteiger partial charge in [-0.3, -0.25) is 4.99 Å². The van der Waals surface area contributed by atoms with Crippen molar-refractivity contribution in [3.8, 4) is 0 Å². The van der Waals surface area contributed by atoms with Crippen molar-refractivity contribution in [1.29, 1.82) is 0 Å². The van der Waals surface area contributed by atoms with Crippen molar-refractivity contribution in [3.05, 3.63) is 59.7 Å². The van der Waals surface area contributed by atoms with Gasteiger partial charge < -0.3 is 0 Å². The van der Waals surface area contributed by atoms with Crippen molar-refractivity contribution in [1.82, 2.24) is 0 Å². The van der Waals surface area contributed by atoms with E-state index in [0.29, 0.717) is 0 Å². The van der Waals surface area contributed by atoms with Crippen LogP contribution in [0.25, 0.3) is 11.6 Å². The van der Waals surface area contributed by atoms with Crippen molar-refractivity contribution in [2.24, 2.45) is 4.99 Å². The van der Waals surface area contributed by atoms with Gasteiger partial charge in [0.05, 0.1) is 0 Å². The molecular formula is C16H19N. The third-order valence-corrected chi connectivity index (χ3v) is 2.57. The quantitative estimate of drug-likeness (QED) is 0.533. The van der Waals surface area contributed by atoms with Crippen molar-refractivity contribution in [3.63, 3.8) is 0 Å². The molecule has 88 valence electrons. The van der Waals surface area contributed by atoms with Crippen LogP contribution in [0.15, 0.2) is 48.0 Å². The van der Waals surface area contributed by atoms with Crippen LogP contribution in [-0.4, -0.2) is 13.3 Å². The summed E-state index contributed by atoms with van der Waals surface area (Å²) in [6.45, 7) is 7.92. The zero-order chi connectivity index (χ0) is 12.7. The van der Waals surface area contributed by atoms with Crippen LogP contribution in [0.5, 0.6) is 0 Å². The molecule has 0 fully saturated rings. The Balaban J connectivity index is 3.26. The fourth-order valence-electron chi connectivity index (χ4n) is 1.73. The lowest BCUT2D eigenvalue weighted by Gasteiger charge is -2.06. The highest BCUT2D eigenvalue weighted by atomic mass is 14.6. The second-order valence-corrected chi connectivity index (χ2v) is 3.68. The molecule has 0 amide bonds. The van der Waals surface area contributed by atoms with Crippen LogP contribution < -0.4 is 0 Å². The van der Waals surface area contributed by atoms with Crippen LogP contribution in [0, 0.1) is 0 Å². The predicted molar refractivity (Wildman–Crippen MR) is 78.5 cm³/mol. The highest BCUT2D eigenvalue weighted by Crippen LogP contribution is 2.20. The molecule has 0 bridgehead atoms. The second kappa shape index (κ2) is 6.64. The van der Waals surface area contributed by atoms with E-state index in [1.807, 2.05) is 32.2 Å². The van der Waals surface area contributed by atoms with Gasteiger partial charge in [0, 0.05) is 13.3 Å². The van der Waals surface area contributed by atoms with E-state index in [1.165, 1.54) is 11.1 Å². The molecule has 17 heavy (non-hydrogen) atoms. The maximum atomic E-state index is 4.04. The maximum absolute atomic E-state index is 4.04. The summed E-state index contributed by atoms with van der Waals surface area (Å²) >= 11 is 0. The molecule has 0 aliphatic rings. The molecule has 0 aliphatic heterocycles. The molecule has 0 unspecified atom stereocenters. The van der Waals surface area contributed by atoms with Gasteiger partial charge >= 0.3 is 0 Å². The van der Waals surface area contributed by atoms with Gasteiger partial charge in [-0.1, -0.05) is 43.0 Å². The third kappa shape index (κ3) is 3.28. The zero-order valence-corrected chi connectivity index (χ0v) is 10.8. The van der Waals surface area contributed by atoms with E-state index in [4.69, 9.17) is 0 Å². The minimum atomic E-state index is 1.10. The maximum Gasteiger partial charge on any atom is 0.0287 e. The number of nitrogens with zero attached hydrogens (tertiary/aromatic N) is 1. The van der Waals surface area contributed by atoms with E-state index in [9.17, 15) is 0 Å². The van der Waals surface area contributed by atoms with Gasteiger partial charge in [-0.25, -0.2) is 0 Å². The van der Waals surface area contributed by atoms with Crippen LogP contribution in [0.2, 0.25) is 0 Å². The summed E-state index contributed by atoms with van der Waals surface area (Å²) in [5.74, 6) is 0. The fraction of sp³-hybridized carbons (Fsp3) is 0.188. The molecule has 0 spiro atoms. The Hall–Kier alpha value is -1.89. The molecule has 1 aromatic carbocycles. The summed E-state index contributed by atoms with van der Waals surface area (Å²) in [4.78, 5) is 4.04. The molecule has 1 heteroatoms. The Morgan fingerprint density at radius 3 is 2.53 bits per heavy atom. The average molecular weight is 225 g/mol. The van der Waals surface area contributed by atoms with Gasteiger partial charge in [0.15, 0.2) is 0 Å². The van der Waals surface area contributed by atoms with Crippen LogP contribution in [0.1, 0.15) is 30.5 Å². The SMILES string of the molecule is C=Cc1cc(C(/C=C\C)=C/C)ccc1/C=N\C. The van der Waals surface area contributed by atoms with Gasteiger partial charge in [-0.2, -0.15) is 0 Å². The number of benzene rings is 1. The van der Waals surface area contributed by atoms with E-state index < -0.39 is 0 Å². The van der Waals surface area contributed by atoms with Crippen molar-refractivity contribution in [2.45, 2.75) is 13.8 Å². The van der Waals surface area contributed by atoms with Gasteiger partial charge in [0.25, 0.3) is 0 Å². The number of hydrogen-bond acceptors (Lipinski definition) is 1. The summed E-state index contributed by atoms with van der Waals surface area (Å²) in [5.41, 5.74) is 4.63. The molecule has 0 N–H and O–H groups in total. The average Bonchev–Trinajstić information content (AvgIpc) is 2.37. The van der Waals surface area contributed by atoms with E-state index in [-0.39, 0.29) is 0 Å². The van der Waals surface area contributed by atoms with Crippen LogP contribution in [0.3, 0.4) is 0 Å². The summed E-state index contributed by atoms with van der Waals surface area (Å²) in [6, 6.07) is 6.32. The smallest absolute Gasteiger partial charge is 0.0287 e. The van der Waals surface area contributed by atoms with Gasteiger partial charge in [-0.15, -0.1) is 0 Å². The van der Waals surface area contributed by atoms with E-state index in [1.54, 1.807) is 7.05 Å². The third-order valence-electron chi connectivity index (χ3n) is 2.57. The van der Waals surface area contributed by atoms with Crippen molar-refractivity contribution >= 4 is 17.9 Å². The first kappa shape index (κ1) is 13.2. The minimum absolute atomic E-state index is 1.10. The summed E-state index contributed by atoms with van der Waals surface area (Å²) in [5, 5.41) is 0. The summed E-state index contributed by atoms with van der Waals surface area (Å²) in [7, 11) is 1.78. The molecule has 0 atom stereocenters. The van der Waals surface area contributed by atoms with Crippen molar-refractivity contribution in [2.75, 3.05) is 7.05 Å². The van der Waals surface area contributed by atoms with E-state index in [0.717, 1.165) is 11.1 Å². The number of aliphatic imine (C=N–C) groups is 1. The fourth-order valence-corrected chi connectivity index (χ4v) is 1.73. The van der Waals surface area contributed by atoms with E-state index >= 15 is 0 Å². The predicted octanol–water partition coefficient (Wildman–Crippen LogP) is 4.36. The monoisotopic (exact) mass is 225 g/mol. The van der Waals surface area contributed by atoms with Gasteiger partial charge in [0.1, 0.15) is 0 Å². The summed E-state index contributed by atoms with van der Waals surface area (Å²) < 4.78 is 0. The molecule has 0 aliphatic carbocycles. The second-order valence-electron chi connectivity index (χ2n) is 3.68.